The fraction of sp³-hybridized carbons (Fsp3) is 0.571. The van der Waals surface area contributed by atoms with Crippen molar-refractivity contribution in [3.05, 3.63) is 41.5 Å². The van der Waals surface area contributed by atoms with E-state index in [2.05, 4.69) is 10.1 Å². The zero-order valence-electron chi connectivity index (χ0n) is 15.6. The number of rotatable bonds is 7. The highest BCUT2D eigenvalue weighted by atomic mass is 19.4. The maximum atomic E-state index is 12.7. The highest BCUT2D eigenvalue weighted by Crippen LogP contribution is 2.34. The van der Waals surface area contributed by atoms with Gasteiger partial charge in [-0.25, -0.2) is 0 Å². The summed E-state index contributed by atoms with van der Waals surface area (Å²) in [6.45, 7) is 0.250. The molecule has 3 fully saturated rings. The molecule has 1 aromatic rings. The van der Waals surface area contributed by atoms with Crippen molar-refractivity contribution in [2.75, 3.05) is 6.61 Å². The summed E-state index contributed by atoms with van der Waals surface area (Å²) in [5.74, 6) is 0.0421. The smallest absolute Gasteiger partial charge is 0.405 e. The number of piperidine rings is 1. The van der Waals surface area contributed by atoms with Crippen molar-refractivity contribution in [1.82, 2.24) is 5.32 Å². The highest BCUT2D eigenvalue weighted by Gasteiger charge is 2.35. The molecule has 152 valence electrons. The van der Waals surface area contributed by atoms with Gasteiger partial charge in [0.2, 0.25) is 0 Å². The minimum atomic E-state index is -4.79. The van der Waals surface area contributed by atoms with Crippen LogP contribution in [0.4, 0.5) is 13.2 Å². The maximum absolute atomic E-state index is 12.7. The third kappa shape index (κ3) is 4.94. The minimum absolute atomic E-state index is 0.0451. The number of alkyl halides is 3. The Labute approximate surface area is 162 Å². The molecule has 1 saturated carbocycles. The normalized spacial score (nSPS) is 27.7. The number of fused-ring (bicyclic) bond motifs is 2. The third-order valence-electron chi connectivity index (χ3n) is 5.67. The molecule has 7 heteroatoms. The Morgan fingerprint density at radius 1 is 1.11 bits per heavy atom. The van der Waals surface area contributed by atoms with Crippen LogP contribution in [0.5, 0.6) is 5.75 Å². The Balaban J connectivity index is 1.48. The summed E-state index contributed by atoms with van der Waals surface area (Å²) in [6.07, 6.45) is 3.69. The summed E-state index contributed by atoms with van der Waals surface area (Å²) < 4.78 is 48.5. The van der Waals surface area contributed by atoms with Crippen LogP contribution < -0.4 is 10.1 Å². The molecule has 4 rings (SSSR count). The SMILES string of the molecule is N=C(/C(=C/C1CC1)COC1CC2CC[C@@H](C1)N2)c1ccccc1OC(F)(F)F. The van der Waals surface area contributed by atoms with Gasteiger partial charge < -0.3 is 14.8 Å². The van der Waals surface area contributed by atoms with Crippen molar-refractivity contribution in [3.63, 3.8) is 0 Å². The van der Waals surface area contributed by atoms with Gasteiger partial charge >= 0.3 is 6.36 Å². The molecule has 3 aliphatic rings. The molecule has 28 heavy (non-hydrogen) atoms. The zero-order valence-corrected chi connectivity index (χ0v) is 15.6. The van der Waals surface area contributed by atoms with Gasteiger partial charge in [-0.1, -0.05) is 18.2 Å². The van der Waals surface area contributed by atoms with E-state index in [0.29, 0.717) is 23.6 Å². The summed E-state index contributed by atoms with van der Waals surface area (Å²) in [4.78, 5) is 0. The van der Waals surface area contributed by atoms with E-state index in [1.54, 1.807) is 6.07 Å². The van der Waals surface area contributed by atoms with Crippen LogP contribution in [0.2, 0.25) is 0 Å². The van der Waals surface area contributed by atoms with E-state index < -0.39 is 6.36 Å². The van der Waals surface area contributed by atoms with Crippen molar-refractivity contribution >= 4 is 5.71 Å². The lowest BCUT2D eigenvalue weighted by Crippen LogP contribution is -2.41. The van der Waals surface area contributed by atoms with E-state index in [-0.39, 0.29) is 29.7 Å². The van der Waals surface area contributed by atoms with E-state index >= 15 is 0 Å². The van der Waals surface area contributed by atoms with Crippen LogP contribution in [-0.4, -0.2) is 36.9 Å². The van der Waals surface area contributed by atoms with Crippen molar-refractivity contribution in [1.29, 1.82) is 5.41 Å². The number of nitrogens with one attached hydrogen (secondary N) is 2. The van der Waals surface area contributed by atoms with Crippen LogP contribution in [0.25, 0.3) is 0 Å². The van der Waals surface area contributed by atoms with Crippen molar-refractivity contribution in [2.45, 2.75) is 63.1 Å². The molecule has 3 atom stereocenters. The molecule has 2 heterocycles. The molecule has 2 bridgehead atoms. The van der Waals surface area contributed by atoms with E-state index in [9.17, 15) is 13.2 Å². The minimum Gasteiger partial charge on any atom is -0.405 e. The molecular weight excluding hydrogens is 369 g/mol. The molecule has 1 aliphatic carbocycles. The topological polar surface area (TPSA) is 54.3 Å². The largest absolute Gasteiger partial charge is 0.573 e. The predicted molar refractivity (Wildman–Crippen MR) is 99.7 cm³/mol. The molecule has 2 unspecified atom stereocenters. The fourth-order valence-electron chi connectivity index (χ4n) is 4.16. The lowest BCUT2D eigenvalue weighted by atomic mass is 9.99. The van der Waals surface area contributed by atoms with Gasteiger partial charge in [0.05, 0.1) is 18.4 Å². The van der Waals surface area contributed by atoms with Gasteiger partial charge in [0.15, 0.2) is 0 Å². The summed E-state index contributed by atoms with van der Waals surface area (Å²) in [7, 11) is 0. The Hall–Kier alpha value is -1.86. The number of hydrogen-bond acceptors (Lipinski definition) is 4. The molecular formula is C21H25F3N2O2. The van der Waals surface area contributed by atoms with E-state index in [0.717, 1.165) is 25.7 Å². The van der Waals surface area contributed by atoms with E-state index in [1.807, 2.05) is 6.08 Å². The van der Waals surface area contributed by atoms with Crippen LogP contribution in [0.1, 0.15) is 44.1 Å². The first-order chi connectivity index (χ1) is 13.4. The van der Waals surface area contributed by atoms with Crippen molar-refractivity contribution in [3.8, 4) is 5.75 Å². The second kappa shape index (κ2) is 7.87. The Morgan fingerprint density at radius 2 is 1.79 bits per heavy atom. The Morgan fingerprint density at radius 3 is 2.43 bits per heavy atom. The van der Waals surface area contributed by atoms with Crippen LogP contribution >= 0.6 is 0 Å². The molecule has 4 nitrogen and oxygen atoms in total. The number of para-hydroxylation sites is 1. The molecule has 0 radical (unpaired) electrons. The van der Waals surface area contributed by atoms with Crippen molar-refractivity contribution in [2.24, 2.45) is 5.92 Å². The first-order valence-corrected chi connectivity index (χ1v) is 9.90. The molecule has 2 saturated heterocycles. The maximum Gasteiger partial charge on any atom is 0.573 e. The molecule has 0 amide bonds. The van der Waals surface area contributed by atoms with E-state index in [4.69, 9.17) is 10.1 Å². The standard InChI is InChI=1S/C21H25F3N2O2/c22-21(23,24)28-19-4-2-1-3-18(19)20(25)14(9-13-5-6-13)12-27-17-10-15-7-8-16(11-17)26-15/h1-4,9,13,15-17,25-26H,5-8,10-12H2/b14-9+,25-20?/t15-,16?,17?/m0/s1. The van der Waals surface area contributed by atoms with E-state index in [1.165, 1.54) is 31.0 Å². The van der Waals surface area contributed by atoms with Gasteiger partial charge in [0.1, 0.15) is 5.75 Å². The van der Waals surface area contributed by atoms with Crippen LogP contribution in [0, 0.1) is 11.3 Å². The predicted octanol–water partition coefficient (Wildman–Crippen LogP) is 4.59. The summed E-state index contributed by atoms with van der Waals surface area (Å²) in [6, 6.07) is 6.84. The van der Waals surface area contributed by atoms with Crippen LogP contribution in [0.3, 0.4) is 0 Å². The third-order valence-corrected chi connectivity index (χ3v) is 5.67. The summed E-state index contributed by atoms with van der Waals surface area (Å²) in [5.41, 5.74) is 0.830. The quantitative estimate of drug-likeness (QED) is 0.665. The number of halogens is 3. The molecule has 1 aromatic carbocycles. The fourth-order valence-corrected chi connectivity index (χ4v) is 4.16. The van der Waals surface area contributed by atoms with Gasteiger partial charge in [-0.2, -0.15) is 0 Å². The van der Waals surface area contributed by atoms with Crippen molar-refractivity contribution < 1.29 is 22.6 Å². The first-order valence-electron chi connectivity index (χ1n) is 9.90. The average molecular weight is 394 g/mol. The van der Waals surface area contributed by atoms with Gasteiger partial charge in [-0.15, -0.1) is 13.2 Å². The first kappa shape index (κ1) is 19.5. The lowest BCUT2D eigenvalue weighted by molar-refractivity contribution is -0.274. The summed E-state index contributed by atoms with van der Waals surface area (Å²) >= 11 is 0. The van der Waals surface area contributed by atoms with Gasteiger partial charge in [0.25, 0.3) is 0 Å². The molecule has 2 aliphatic heterocycles. The average Bonchev–Trinajstić information content (AvgIpc) is 3.40. The Bertz CT molecular complexity index is 746. The van der Waals surface area contributed by atoms with Gasteiger partial charge in [0, 0.05) is 17.6 Å². The summed E-state index contributed by atoms with van der Waals surface area (Å²) in [5, 5.41) is 12.1. The Kier molecular flexibility index (Phi) is 5.47. The molecule has 0 aromatic heterocycles. The monoisotopic (exact) mass is 394 g/mol. The lowest BCUT2D eigenvalue weighted by Gasteiger charge is -2.29. The number of hydrogen-bond donors (Lipinski definition) is 2. The second-order valence-electron chi connectivity index (χ2n) is 7.99. The van der Waals surface area contributed by atoms with Crippen LogP contribution in [-0.2, 0) is 4.74 Å². The second-order valence-corrected chi connectivity index (χ2v) is 7.99. The van der Waals surface area contributed by atoms with Gasteiger partial charge in [-0.3, -0.25) is 5.41 Å². The number of ether oxygens (including phenoxy) is 2. The van der Waals surface area contributed by atoms with Gasteiger partial charge in [-0.05, 0) is 62.1 Å². The highest BCUT2D eigenvalue weighted by molar-refractivity contribution is 6.12. The number of allylic oxidation sites excluding steroid dienone is 1. The number of benzene rings is 1. The molecule has 2 N–H and O–H groups in total. The molecule has 0 spiro atoms. The van der Waals surface area contributed by atoms with Crippen LogP contribution in [0.15, 0.2) is 35.9 Å². The zero-order chi connectivity index (χ0) is 19.7.